The van der Waals surface area contributed by atoms with E-state index < -0.39 is 10.0 Å². The van der Waals surface area contributed by atoms with Crippen LogP contribution in [0.15, 0.2) is 23.1 Å². The lowest BCUT2D eigenvalue weighted by atomic mass is 9.95. The topological polar surface area (TPSA) is 75.7 Å². The summed E-state index contributed by atoms with van der Waals surface area (Å²) in [5.41, 5.74) is 0.377. The molecule has 1 heterocycles. The Labute approximate surface area is 150 Å². The Hall–Kier alpha value is -1.60. The second-order valence-corrected chi connectivity index (χ2v) is 8.49. The molecular formula is C18H28N2O4S. The number of ether oxygens (including phenoxy) is 1. The molecule has 0 aliphatic carbocycles. The van der Waals surface area contributed by atoms with Crippen molar-refractivity contribution in [3.05, 3.63) is 23.8 Å². The van der Waals surface area contributed by atoms with Crippen LogP contribution in [0.2, 0.25) is 0 Å². The van der Waals surface area contributed by atoms with Crippen molar-refractivity contribution in [3.8, 4) is 5.75 Å². The van der Waals surface area contributed by atoms with Crippen molar-refractivity contribution < 1.29 is 17.9 Å². The standard InChI is InChI=1S/C18H28N2O4S/c1-5-14-7-6-10-20(12-14)18(21)15-8-9-16(24-4)17(11-15)25(22,23)19-13(2)3/h8-9,11,13-14,19H,5-7,10,12H2,1-4H3. The third kappa shape index (κ3) is 4.73. The number of piperidine rings is 1. The molecule has 25 heavy (non-hydrogen) atoms. The van der Waals surface area contributed by atoms with E-state index >= 15 is 0 Å². The fourth-order valence-electron chi connectivity index (χ4n) is 3.16. The Morgan fingerprint density at radius 1 is 1.40 bits per heavy atom. The van der Waals surface area contributed by atoms with Crippen molar-refractivity contribution in [1.82, 2.24) is 9.62 Å². The summed E-state index contributed by atoms with van der Waals surface area (Å²) in [7, 11) is -2.33. The summed E-state index contributed by atoms with van der Waals surface area (Å²) < 4.78 is 32.8. The van der Waals surface area contributed by atoms with E-state index in [1.54, 1.807) is 26.0 Å². The Morgan fingerprint density at radius 2 is 2.12 bits per heavy atom. The number of methoxy groups -OCH3 is 1. The molecule has 140 valence electrons. The van der Waals surface area contributed by atoms with Crippen LogP contribution in [0, 0.1) is 5.92 Å². The lowest BCUT2D eigenvalue weighted by molar-refractivity contribution is 0.0671. The predicted octanol–water partition coefficient (Wildman–Crippen LogP) is 2.64. The number of hydrogen-bond donors (Lipinski definition) is 1. The minimum atomic E-state index is -3.75. The first-order chi connectivity index (χ1) is 11.8. The maximum atomic E-state index is 12.8. The SMILES string of the molecule is CCC1CCCN(C(=O)c2ccc(OC)c(S(=O)(=O)NC(C)C)c2)C1. The first-order valence-corrected chi connectivity index (χ1v) is 10.3. The molecular weight excluding hydrogens is 340 g/mol. The molecule has 0 bridgehead atoms. The van der Waals surface area contributed by atoms with Crippen LogP contribution in [0.4, 0.5) is 0 Å². The van der Waals surface area contributed by atoms with Crippen LogP contribution in [0.5, 0.6) is 5.75 Å². The highest BCUT2D eigenvalue weighted by atomic mass is 32.2. The van der Waals surface area contributed by atoms with Crippen LogP contribution in [0.1, 0.15) is 50.4 Å². The first-order valence-electron chi connectivity index (χ1n) is 8.78. The van der Waals surface area contributed by atoms with Gasteiger partial charge in [0.1, 0.15) is 10.6 Å². The van der Waals surface area contributed by atoms with E-state index in [0.29, 0.717) is 18.0 Å². The quantitative estimate of drug-likeness (QED) is 0.837. The molecule has 1 aromatic carbocycles. The van der Waals surface area contributed by atoms with Crippen LogP contribution in [-0.4, -0.2) is 45.5 Å². The minimum Gasteiger partial charge on any atom is -0.495 e. The lowest BCUT2D eigenvalue weighted by Gasteiger charge is -2.32. The predicted molar refractivity (Wildman–Crippen MR) is 97.4 cm³/mol. The van der Waals surface area contributed by atoms with Gasteiger partial charge in [0.25, 0.3) is 5.91 Å². The molecule has 1 atom stereocenters. The third-order valence-corrected chi connectivity index (χ3v) is 6.15. The first kappa shape index (κ1) is 19.7. The smallest absolute Gasteiger partial charge is 0.253 e. The van der Waals surface area contributed by atoms with Gasteiger partial charge in [-0.05, 0) is 50.8 Å². The Morgan fingerprint density at radius 3 is 2.72 bits per heavy atom. The number of carbonyl (C=O) groups excluding carboxylic acids is 1. The van der Waals surface area contributed by atoms with E-state index in [1.165, 1.54) is 13.2 Å². The van der Waals surface area contributed by atoms with Crippen molar-refractivity contribution in [2.24, 2.45) is 5.92 Å². The van der Waals surface area contributed by atoms with E-state index in [1.807, 2.05) is 4.90 Å². The van der Waals surface area contributed by atoms with E-state index in [2.05, 4.69) is 11.6 Å². The second-order valence-electron chi connectivity index (χ2n) is 6.81. The lowest BCUT2D eigenvalue weighted by Crippen LogP contribution is -2.39. The van der Waals surface area contributed by atoms with Gasteiger partial charge in [-0.2, -0.15) is 0 Å². The molecule has 1 amide bonds. The highest BCUT2D eigenvalue weighted by molar-refractivity contribution is 7.89. The molecule has 1 saturated heterocycles. The summed E-state index contributed by atoms with van der Waals surface area (Å²) >= 11 is 0. The van der Waals surface area contributed by atoms with Crippen LogP contribution >= 0.6 is 0 Å². The van der Waals surface area contributed by atoms with Crippen molar-refractivity contribution >= 4 is 15.9 Å². The maximum Gasteiger partial charge on any atom is 0.253 e. The number of carbonyl (C=O) groups is 1. The van der Waals surface area contributed by atoms with Crippen LogP contribution in [0.25, 0.3) is 0 Å². The van der Waals surface area contributed by atoms with Gasteiger partial charge in [0.15, 0.2) is 0 Å². The largest absolute Gasteiger partial charge is 0.495 e. The zero-order chi connectivity index (χ0) is 18.6. The molecule has 1 aliphatic heterocycles. The molecule has 1 N–H and O–H groups in total. The highest BCUT2D eigenvalue weighted by Gasteiger charge is 2.26. The zero-order valence-corrected chi connectivity index (χ0v) is 16.2. The van der Waals surface area contributed by atoms with Crippen LogP contribution in [-0.2, 0) is 10.0 Å². The van der Waals surface area contributed by atoms with E-state index in [4.69, 9.17) is 4.74 Å². The molecule has 0 spiro atoms. The van der Waals surface area contributed by atoms with Gasteiger partial charge in [-0.15, -0.1) is 0 Å². The van der Waals surface area contributed by atoms with Crippen LogP contribution < -0.4 is 9.46 Å². The summed E-state index contributed by atoms with van der Waals surface area (Å²) in [5.74, 6) is 0.623. The van der Waals surface area contributed by atoms with E-state index in [9.17, 15) is 13.2 Å². The van der Waals surface area contributed by atoms with Gasteiger partial charge in [0, 0.05) is 24.7 Å². The average Bonchev–Trinajstić information content (AvgIpc) is 2.59. The van der Waals surface area contributed by atoms with Gasteiger partial charge < -0.3 is 9.64 Å². The normalized spacial score (nSPS) is 18.4. The molecule has 1 aliphatic rings. The van der Waals surface area contributed by atoms with Gasteiger partial charge in [-0.3, -0.25) is 4.79 Å². The summed E-state index contributed by atoms with van der Waals surface area (Å²) in [5, 5.41) is 0. The number of likely N-dealkylation sites (tertiary alicyclic amines) is 1. The molecule has 1 fully saturated rings. The molecule has 6 nitrogen and oxygen atoms in total. The summed E-state index contributed by atoms with van der Waals surface area (Å²) in [6.07, 6.45) is 3.17. The van der Waals surface area contributed by atoms with Crippen molar-refractivity contribution in [2.75, 3.05) is 20.2 Å². The second kappa shape index (κ2) is 8.19. The van der Waals surface area contributed by atoms with Crippen molar-refractivity contribution in [1.29, 1.82) is 0 Å². The average molecular weight is 368 g/mol. The fourth-order valence-corrected chi connectivity index (χ4v) is 4.60. The Bertz CT molecular complexity index is 716. The fraction of sp³-hybridized carbons (Fsp3) is 0.611. The van der Waals surface area contributed by atoms with Crippen molar-refractivity contribution in [2.45, 2.75) is 51.0 Å². The third-order valence-electron chi connectivity index (χ3n) is 4.47. The Balaban J connectivity index is 2.33. The summed E-state index contributed by atoms with van der Waals surface area (Å²) in [6.45, 7) is 7.07. The van der Waals surface area contributed by atoms with Crippen molar-refractivity contribution in [3.63, 3.8) is 0 Å². The van der Waals surface area contributed by atoms with Gasteiger partial charge in [0.05, 0.1) is 7.11 Å². The van der Waals surface area contributed by atoms with Gasteiger partial charge in [-0.1, -0.05) is 13.3 Å². The number of hydrogen-bond acceptors (Lipinski definition) is 4. The summed E-state index contributed by atoms with van der Waals surface area (Å²) in [6, 6.07) is 4.34. The van der Waals surface area contributed by atoms with Gasteiger partial charge in [-0.25, -0.2) is 13.1 Å². The van der Waals surface area contributed by atoms with E-state index in [0.717, 1.165) is 25.8 Å². The maximum absolute atomic E-state index is 12.8. The number of nitrogens with zero attached hydrogens (tertiary/aromatic N) is 1. The minimum absolute atomic E-state index is 0.00130. The van der Waals surface area contributed by atoms with Crippen LogP contribution in [0.3, 0.4) is 0 Å². The monoisotopic (exact) mass is 368 g/mol. The molecule has 2 rings (SSSR count). The molecule has 0 saturated carbocycles. The Kier molecular flexibility index (Phi) is 6.46. The molecule has 1 aromatic rings. The number of amides is 1. The summed E-state index contributed by atoms with van der Waals surface area (Å²) in [4.78, 5) is 14.7. The number of rotatable bonds is 6. The van der Waals surface area contributed by atoms with E-state index in [-0.39, 0.29) is 22.6 Å². The zero-order valence-electron chi connectivity index (χ0n) is 15.4. The molecule has 1 unspecified atom stereocenters. The highest BCUT2D eigenvalue weighted by Crippen LogP contribution is 2.27. The number of sulfonamides is 1. The molecule has 7 heteroatoms. The number of nitrogens with one attached hydrogen (secondary N) is 1. The molecule has 0 aromatic heterocycles. The van der Waals surface area contributed by atoms with Gasteiger partial charge >= 0.3 is 0 Å². The molecule has 0 radical (unpaired) electrons. The number of benzene rings is 1. The van der Waals surface area contributed by atoms with Gasteiger partial charge in [0.2, 0.25) is 10.0 Å².